The van der Waals surface area contributed by atoms with Crippen LogP contribution in [0.1, 0.15) is 92.4 Å². The number of ketones is 2. The van der Waals surface area contributed by atoms with Crippen molar-refractivity contribution in [2.45, 2.75) is 92.4 Å². The molecule has 0 aromatic rings. The fraction of sp³-hybridized carbons (Fsp3) is 0.846. The summed E-state index contributed by atoms with van der Waals surface area (Å²) in [4.78, 5) is 25.4. The molecule has 3 fully saturated rings. The lowest BCUT2D eigenvalue weighted by Crippen LogP contribution is -2.53. The number of carbonyl (C=O) groups is 2. The van der Waals surface area contributed by atoms with Crippen molar-refractivity contribution in [2.75, 3.05) is 0 Å². The number of Topliss-reactive ketones (excluding diaryl/α,β-unsaturated/α-hetero) is 1. The number of rotatable bonds is 4. The van der Waals surface area contributed by atoms with Crippen LogP contribution in [-0.4, -0.2) is 11.6 Å². The molecule has 0 radical (unpaired) electrons. The maximum atomic E-state index is 13.3. The third-order valence-corrected chi connectivity index (χ3v) is 9.74. The van der Waals surface area contributed by atoms with Gasteiger partial charge in [0, 0.05) is 18.8 Å². The fourth-order valence-electron chi connectivity index (χ4n) is 7.99. The zero-order valence-corrected chi connectivity index (χ0v) is 18.7. The molecule has 2 nitrogen and oxygen atoms in total. The summed E-state index contributed by atoms with van der Waals surface area (Å²) in [5.41, 5.74) is 1.59. The standard InChI is InChI=1S/C26H40O2/c1-16(2)6-7-17(3)20-8-9-21-24-22(11-13-26(20,21)5)25(4)12-10-19(27)14-18(25)15-23(24)28/h15-17,20-22,24H,6-14H2,1-5H3/t17-,20-,21+,22-,24+,25+,26-/m1/s1. The molecule has 156 valence electrons. The SMILES string of the molecule is CC(C)CC[C@@H](C)[C@H]1CC[C@H]2[C@@H]3C(=O)C=C4CC(=O)CC[C@]4(C)[C@@H]3CC[C@]12C. The van der Waals surface area contributed by atoms with E-state index in [1.165, 1.54) is 44.1 Å². The minimum absolute atomic E-state index is 0.0924. The normalized spacial score (nSPS) is 44.0. The molecule has 0 N–H and O–H groups in total. The number of fused-ring (bicyclic) bond motifs is 5. The Kier molecular flexibility index (Phi) is 5.16. The van der Waals surface area contributed by atoms with Gasteiger partial charge in [-0.25, -0.2) is 0 Å². The van der Waals surface area contributed by atoms with Gasteiger partial charge >= 0.3 is 0 Å². The Labute approximate surface area is 171 Å². The first-order valence-corrected chi connectivity index (χ1v) is 11.9. The molecular formula is C26H40O2. The highest BCUT2D eigenvalue weighted by molar-refractivity contribution is 5.96. The summed E-state index contributed by atoms with van der Waals surface area (Å²) < 4.78 is 0. The maximum Gasteiger partial charge on any atom is 0.159 e. The molecule has 4 aliphatic rings. The molecule has 3 saturated carbocycles. The molecule has 2 heteroatoms. The van der Waals surface area contributed by atoms with Gasteiger partial charge < -0.3 is 0 Å². The van der Waals surface area contributed by atoms with Crippen LogP contribution in [0.4, 0.5) is 0 Å². The van der Waals surface area contributed by atoms with Crippen molar-refractivity contribution in [1.29, 1.82) is 0 Å². The van der Waals surface area contributed by atoms with Crippen molar-refractivity contribution in [3.8, 4) is 0 Å². The predicted molar refractivity (Wildman–Crippen MR) is 114 cm³/mol. The molecule has 0 aromatic carbocycles. The van der Waals surface area contributed by atoms with Gasteiger partial charge in [-0.2, -0.15) is 0 Å². The second-order valence-electron chi connectivity index (χ2n) is 11.6. The third-order valence-electron chi connectivity index (χ3n) is 9.74. The smallest absolute Gasteiger partial charge is 0.159 e. The first-order valence-electron chi connectivity index (χ1n) is 11.9. The largest absolute Gasteiger partial charge is 0.299 e. The first-order chi connectivity index (χ1) is 13.2. The Hall–Kier alpha value is -0.920. The fourth-order valence-corrected chi connectivity index (χ4v) is 7.99. The molecule has 0 bridgehead atoms. The van der Waals surface area contributed by atoms with Gasteiger partial charge in [0.1, 0.15) is 5.78 Å². The van der Waals surface area contributed by atoms with E-state index in [0.29, 0.717) is 41.7 Å². The molecule has 28 heavy (non-hydrogen) atoms. The zero-order chi connectivity index (χ0) is 20.3. The van der Waals surface area contributed by atoms with Crippen LogP contribution < -0.4 is 0 Å². The van der Waals surface area contributed by atoms with Crippen LogP contribution in [0.2, 0.25) is 0 Å². The summed E-state index contributed by atoms with van der Waals surface area (Å²) in [5.74, 6) is 4.24. The van der Waals surface area contributed by atoms with Crippen molar-refractivity contribution >= 4 is 11.6 Å². The van der Waals surface area contributed by atoms with Crippen LogP contribution in [0.5, 0.6) is 0 Å². The van der Waals surface area contributed by atoms with Crippen molar-refractivity contribution in [2.24, 2.45) is 46.3 Å². The molecule has 0 aromatic heterocycles. The molecule has 4 rings (SSSR count). The van der Waals surface area contributed by atoms with Crippen LogP contribution in [-0.2, 0) is 9.59 Å². The van der Waals surface area contributed by atoms with Gasteiger partial charge in [-0.15, -0.1) is 0 Å². The second kappa shape index (κ2) is 7.10. The van der Waals surface area contributed by atoms with E-state index in [-0.39, 0.29) is 11.3 Å². The molecule has 0 amide bonds. The minimum Gasteiger partial charge on any atom is -0.299 e. The van der Waals surface area contributed by atoms with Gasteiger partial charge in [-0.05, 0) is 78.6 Å². The molecule has 0 unspecified atom stereocenters. The van der Waals surface area contributed by atoms with E-state index in [4.69, 9.17) is 0 Å². The average Bonchev–Trinajstić information content (AvgIpc) is 2.98. The van der Waals surface area contributed by atoms with Gasteiger partial charge in [0.15, 0.2) is 5.78 Å². The Morgan fingerprint density at radius 1 is 1.00 bits per heavy atom. The summed E-state index contributed by atoms with van der Waals surface area (Å²) >= 11 is 0. The third kappa shape index (κ3) is 3.05. The van der Waals surface area contributed by atoms with Crippen LogP contribution in [0.3, 0.4) is 0 Å². The highest BCUT2D eigenvalue weighted by Crippen LogP contribution is 2.66. The van der Waals surface area contributed by atoms with Crippen LogP contribution >= 0.6 is 0 Å². The van der Waals surface area contributed by atoms with E-state index in [0.717, 1.165) is 24.2 Å². The van der Waals surface area contributed by atoms with Crippen LogP contribution in [0.15, 0.2) is 11.6 Å². The quantitative estimate of drug-likeness (QED) is 0.563. The van der Waals surface area contributed by atoms with E-state index >= 15 is 0 Å². The summed E-state index contributed by atoms with van der Waals surface area (Å²) in [6.07, 6.45) is 11.8. The monoisotopic (exact) mass is 384 g/mol. The van der Waals surface area contributed by atoms with Gasteiger partial charge in [0.2, 0.25) is 0 Å². The number of hydrogen-bond donors (Lipinski definition) is 0. The molecular weight excluding hydrogens is 344 g/mol. The van der Waals surface area contributed by atoms with Gasteiger partial charge in [0.25, 0.3) is 0 Å². The summed E-state index contributed by atoms with van der Waals surface area (Å²) in [7, 11) is 0. The van der Waals surface area contributed by atoms with Crippen LogP contribution in [0, 0.1) is 46.3 Å². The van der Waals surface area contributed by atoms with Gasteiger partial charge in [0.05, 0.1) is 0 Å². The van der Waals surface area contributed by atoms with Gasteiger partial charge in [-0.1, -0.05) is 53.0 Å². The number of hydrogen-bond acceptors (Lipinski definition) is 2. The molecule has 0 spiro atoms. The predicted octanol–water partition coefficient (Wildman–Crippen LogP) is 6.39. The lowest BCUT2D eigenvalue weighted by molar-refractivity contribution is -0.135. The van der Waals surface area contributed by atoms with E-state index < -0.39 is 0 Å². The Morgan fingerprint density at radius 3 is 2.46 bits per heavy atom. The van der Waals surface area contributed by atoms with E-state index in [1.807, 2.05) is 6.08 Å². The van der Waals surface area contributed by atoms with E-state index in [9.17, 15) is 9.59 Å². The Balaban J connectivity index is 1.60. The Bertz CT molecular complexity index is 689. The summed E-state index contributed by atoms with van der Waals surface area (Å²) in [6, 6.07) is 0. The molecule has 0 aliphatic heterocycles. The minimum atomic E-state index is 0.0924. The topological polar surface area (TPSA) is 34.1 Å². The molecule has 7 atom stereocenters. The number of carbonyl (C=O) groups excluding carboxylic acids is 2. The highest BCUT2D eigenvalue weighted by Gasteiger charge is 2.61. The van der Waals surface area contributed by atoms with Crippen molar-refractivity contribution < 1.29 is 9.59 Å². The van der Waals surface area contributed by atoms with Crippen molar-refractivity contribution in [1.82, 2.24) is 0 Å². The number of allylic oxidation sites excluding steroid dienone is 2. The second-order valence-corrected chi connectivity index (χ2v) is 11.6. The lowest BCUT2D eigenvalue weighted by Gasteiger charge is -2.57. The molecule has 0 saturated heterocycles. The van der Waals surface area contributed by atoms with Crippen molar-refractivity contribution in [3.05, 3.63) is 11.6 Å². The van der Waals surface area contributed by atoms with E-state index in [1.54, 1.807) is 0 Å². The van der Waals surface area contributed by atoms with Crippen molar-refractivity contribution in [3.63, 3.8) is 0 Å². The van der Waals surface area contributed by atoms with Gasteiger partial charge in [-0.3, -0.25) is 9.59 Å². The first kappa shape index (κ1) is 20.4. The van der Waals surface area contributed by atoms with E-state index in [2.05, 4.69) is 34.6 Å². The molecule has 4 aliphatic carbocycles. The zero-order valence-electron chi connectivity index (χ0n) is 18.7. The highest BCUT2D eigenvalue weighted by atomic mass is 16.1. The van der Waals surface area contributed by atoms with Crippen LogP contribution in [0.25, 0.3) is 0 Å². The average molecular weight is 385 g/mol. The molecule has 0 heterocycles. The maximum absolute atomic E-state index is 13.3. The summed E-state index contributed by atoms with van der Waals surface area (Å²) in [6.45, 7) is 12.0. The summed E-state index contributed by atoms with van der Waals surface area (Å²) in [5, 5.41) is 0. The lowest BCUT2D eigenvalue weighted by atomic mass is 9.46. The Morgan fingerprint density at radius 2 is 1.75 bits per heavy atom.